The van der Waals surface area contributed by atoms with E-state index >= 15 is 0 Å². The number of phenols is 1. The summed E-state index contributed by atoms with van der Waals surface area (Å²) < 4.78 is 2.82. The number of hydrogen-bond donors (Lipinski definition) is 3. The van der Waals surface area contributed by atoms with Crippen LogP contribution in [0.5, 0.6) is 17.5 Å². The van der Waals surface area contributed by atoms with E-state index in [1.807, 2.05) is 61.7 Å². The molecule has 230 valence electrons. The fourth-order valence-corrected chi connectivity index (χ4v) is 7.21. The molecule has 46 heavy (non-hydrogen) atoms. The molecule has 0 radical (unpaired) electrons. The predicted octanol–water partition coefficient (Wildman–Crippen LogP) is 8.18. The van der Waals surface area contributed by atoms with E-state index in [0.717, 1.165) is 22.4 Å². The largest absolute Gasteiger partial charge is 0.507 e. The van der Waals surface area contributed by atoms with Crippen LogP contribution in [0.3, 0.4) is 0 Å². The van der Waals surface area contributed by atoms with E-state index in [2.05, 4.69) is 10.1 Å². The maximum Gasteiger partial charge on any atom is 0.220 e. The van der Waals surface area contributed by atoms with Crippen molar-refractivity contribution in [1.82, 2.24) is 29.5 Å². The fraction of sp³-hybridized carbons (Fsp3) is 0.118. The minimum atomic E-state index is -0.658. The Labute approximate surface area is 277 Å². The summed E-state index contributed by atoms with van der Waals surface area (Å²) in [6.45, 7) is 5.66. The van der Waals surface area contributed by atoms with Gasteiger partial charge in [0.2, 0.25) is 22.0 Å². The number of rotatable bonds is 7. The molecule has 1 atom stereocenters. The molecule has 0 saturated carbocycles. The summed E-state index contributed by atoms with van der Waals surface area (Å²) in [4.78, 5) is 9.44. The highest BCUT2D eigenvalue weighted by Crippen LogP contribution is 2.45. The molecule has 0 saturated heterocycles. The number of aryl methyl sites for hydroxylation is 3. The van der Waals surface area contributed by atoms with E-state index in [1.165, 1.54) is 32.0 Å². The first-order chi connectivity index (χ1) is 22.2. The second-order valence-corrected chi connectivity index (χ2v) is 13.0. The highest BCUT2D eigenvalue weighted by Gasteiger charge is 2.34. The van der Waals surface area contributed by atoms with Crippen LogP contribution >= 0.6 is 34.3 Å². The molecule has 4 aromatic heterocycles. The molecule has 0 bridgehead atoms. The molecule has 0 aliphatic carbocycles. The molecular formula is C34H27ClN6O3S2. The smallest absolute Gasteiger partial charge is 0.220 e. The molecule has 7 rings (SSSR count). The second-order valence-electron chi connectivity index (χ2n) is 10.9. The van der Waals surface area contributed by atoms with Gasteiger partial charge in [-0.2, -0.15) is 19.6 Å². The maximum atomic E-state index is 11.8. The number of aromatic nitrogens is 6. The molecule has 0 aliphatic rings. The molecule has 3 N–H and O–H groups in total. The lowest BCUT2D eigenvalue weighted by Crippen LogP contribution is -2.06. The lowest BCUT2D eigenvalue weighted by Gasteiger charge is -2.18. The van der Waals surface area contributed by atoms with Gasteiger partial charge < -0.3 is 15.3 Å². The Bertz CT molecular complexity index is 2200. The third-order valence-electron chi connectivity index (χ3n) is 7.82. The van der Waals surface area contributed by atoms with Gasteiger partial charge in [0.25, 0.3) is 0 Å². The summed E-state index contributed by atoms with van der Waals surface area (Å²) in [6.07, 6.45) is 0. The molecule has 7 aromatic rings. The average molecular weight is 667 g/mol. The van der Waals surface area contributed by atoms with Gasteiger partial charge in [0, 0.05) is 44.0 Å². The zero-order valence-corrected chi connectivity index (χ0v) is 27.3. The van der Waals surface area contributed by atoms with Gasteiger partial charge in [0.1, 0.15) is 5.75 Å². The molecule has 1 unspecified atom stereocenters. The number of benzene rings is 3. The van der Waals surface area contributed by atoms with Crippen molar-refractivity contribution in [3.8, 4) is 50.3 Å². The SMILES string of the molecule is Cc1ccc(-c2csc(-n3nc(C)c(C(c4ccc(Cl)cc4)c4c(C)nn(-c5nc(-c6ccccc6O)cs5)c4O)c3O)n2)cc1. The summed E-state index contributed by atoms with van der Waals surface area (Å²) >= 11 is 8.92. The zero-order valence-electron chi connectivity index (χ0n) is 24.9. The van der Waals surface area contributed by atoms with E-state index < -0.39 is 5.92 Å². The monoisotopic (exact) mass is 666 g/mol. The topological polar surface area (TPSA) is 122 Å². The standard InChI is InChI=1S/C34H27ClN6O3S2/c1-18-8-10-21(11-9-18)25-16-45-33(36-25)40-31(43)28(19(2)38-40)30(22-12-14-23(35)15-13-22)29-20(3)39-41(32(29)44)34-37-26(17-46-34)24-6-4-5-7-27(24)42/h4-17,30,42-44H,1-3H3. The normalized spacial score (nSPS) is 12.1. The van der Waals surface area contributed by atoms with Crippen LogP contribution in [0.2, 0.25) is 5.02 Å². The van der Waals surface area contributed by atoms with E-state index in [0.29, 0.717) is 49.1 Å². The number of phenolic OH excluding ortho intramolecular Hbond substituents is 1. The van der Waals surface area contributed by atoms with Crippen molar-refractivity contribution < 1.29 is 15.3 Å². The Kier molecular flexibility index (Phi) is 7.59. The summed E-state index contributed by atoms with van der Waals surface area (Å²) in [5, 5.41) is 48.5. The first kappa shape index (κ1) is 29.7. The van der Waals surface area contributed by atoms with Gasteiger partial charge in [-0.3, -0.25) is 0 Å². The van der Waals surface area contributed by atoms with Crippen LogP contribution in [0.25, 0.3) is 32.8 Å². The third-order valence-corrected chi connectivity index (χ3v) is 9.70. The van der Waals surface area contributed by atoms with Crippen LogP contribution < -0.4 is 0 Å². The van der Waals surface area contributed by atoms with E-state index in [-0.39, 0.29) is 17.5 Å². The van der Waals surface area contributed by atoms with Crippen molar-refractivity contribution in [3.63, 3.8) is 0 Å². The molecule has 12 heteroatoms. The van der Waals surface area contributed by atoms with Gasteiger partial charge in [0.05, 0.1) is 22.8 Å². The molecular weight excluding hydrogens is 640 g/mol. The Morgan fingerprint density at radius 1 is 0.674 bits per heavy atom. The quantitative estimate of drug-likeness (QED) is 0.157. The molecule has 9 nitrogen and oxygen atoms in total. The van der Waals surface area contributed by atoms with E-state index in [1.54, 1.807) is 42.6 Å². The number of para-hydroxylation sites is 1. The van der Waals surface area contributed by atoms with Crippen molar-refractivity contribution in [2.45, 2.75) is 26.7 Å². The van der Waals surface area contributed by atoms with Crippen LogP contribution in [0.1, 0.15) is 39.6 Å². The molecule has 3 aromatic carbocycles. The first-order valence-corrected chi connectivity index (χ1v) is 16.4. The number of nitrogens with zero attached hydrogens (tertiary/aromatic N) is 6. The van der Waals surface area contributed by atoms with Crippen molar-refractivity contribution in [2.75, 3.05) is 0 Å². The fourth-order valence-electron chi connectivity index (χ4n) is 5.52. The second kappa shape index (κ2) is 11.8. The molecule has 0 amide bonds. The van der Waals surface area contributed by atoms with Gasteiger partial charge in [-0.15, -0.1) is 22.7 Å². The average Bonchev–Trinajstić information content (AvgIpc) is 3.83. The highest BCUT2D eigenvalue weighted by molar-refractivity contribution is 7.12. The Morgan fingerprint density at radius 3 is 1.80 bits per heavy atom. The van der Waals surface area contributed by atoms with Gasteiger partial charge in [-0.1, -0.05) is 65.7 Å². The predicted molar refractivity (Wildman–Crippen MR) is 181 cm³/mol. The number of thiazole rings is 2. The van der Waals surface area contributed by atoms with Crippen LogP contribution in [-0.4, -0.2) is 44.8 Å². The van der Waals surface area contributed by atoms with Crippen molar-refractivity contribution in [1.29, 1.82) is 0 Å². The number of hydrogen-bond acceptors (Lipinski definition) is 9. The van der Waals surface area contributed by atoms with Crippen LogP contribution in [-0.2, 0) is 0 Å². The van der Waals surface area contributed by atoms with Gasteiger partial charge >= 0.3 is 0 Å². The van der Waals surface area contributed by atoms with Gasteiger partial charge in [-0.25, -0.2) is 9.97 Å². The summed E-state index contributed by atoms with van der Waals surface area (Å²) in [5.74, 6) is -0.769. The van der Waals surface area contributed by atoms with Crippen molar-refractivity contribution in [2.24, 2.45) is 0 Å². The molecule has 0 fully saturated rings. The van der Waals surface area contributed by atoms with Crippen molar-refractivity contribution >= 4 is 34.3 Å². The molecule has 4 heterocycles. The number of aromatic hydroxyl groups is 3. The summed E-state index contributed by atoms with van der Waals surface area (Å²) in [5.41, 5.74) is 6.91. The Morgan fingerprint density at radius 2 is 1.22 bits per heavy atom. The molecule has 0 spiro atoms. The van der Waals surface area contributed by atoms with Crippen LogP contribution in [0.4, 0.5) is 0 Å². The lowest BCUT2D eigenvalue weighted by molar-refractivity contribution is 0.420. The summed E-state index contributed by atoms with van der Waals surface area (Å²) in [6, 6.07) is 22.3. The Balaban J connectivity index is 1.34. The van der Waals surface area contributed by atoms with E-state index in [4.69, 9.17) is 21.7 Å². The highest BCUT2D eigenvalue weighted by atomic mass is 35.5. The van der Waals surface area contributed by atoms with E-state index in [9.17, 15) is 15.3 Å². The number of halogens is 1. The van der Waals surface area contributed by atoms with Crippen LogP contribution in [0.15, 0.2) is 83.6 Å². The first-order valence-electron chi connectivity index (χ1n) is 14.3. The minimum Gasteiger partial charge on any atom is -0.507 e. The van der Waals surface area contributed by atoms with Gasteiger partial charge in [0.15, 0.2) is 0 Å². The maximum absolute atomic E-state index is 11.8. The molecule has 0 aliphatic heterocycles. The summed E-state index contributed by atoms with van der Waals surface area (Å²) in [7, 11) is 0. The minimum absolute atomic E-state index is 0.0927. The van der Waals surface area contributed by atoms with Gasteiger partial charge in [-0.05, 0) is 50.6 Å². The zero-order chi connectivity index (χ0) is 32.1. The lowest BCUT2D eigenvalue weighted by atomic mass is 9.85. The van der Waals surface area contributed by atoms with Crippen molar-refractivity contribution in [3.05, 3.63) is 122 Å². The third kappa shape index (κ3) is 5.22. The Hall–Kier alpha value is -4.97. The van der Waals surface area contributed by atoms with Crippen LogP contribution in [0, 0.1) is 20.8 Å².